The van der Waals surface area contributed by atoms with E-state index in [1.165, 1.54) is 16.2 Å². The number of fused-ring (bicyclic) bond motifs is 1. The van der Waals surface area contributed by atoms with Gasteiger partial charge in [-0.3, -0.25) is 0 Å². The molecule has 0 amide bonds. The third-order valence-electron chi connectivity index (χ3n) is 5.57. The Bertz CT molecular complexity index is 817. The Morgan fingerprint density at radius 2 is 2.04 bits per heavy atom. The van der Waals surface area contributed by atoms with E-state index >= 15 is 0 Å². The lowest BCUT2D eigenvalue weighted by Crippen LogP contribution is -3.16. The van der Waals surface area contributed by atoms with E-state index in [1.54, 1.807) is 0 Å². The number of quaternary nitrogens is 1. The molecule has 0 saturated heterocycles. The van der Waals surface area contributed by atoms with Crippen molar-refractivity contribution >= 4 is 17.0 Å². The van der Waals surface area contributed by atoms with Crippen LogP contribution in [0.5, 0.6) is 0 Å². The highest BCUT2D eigenvalue weighted by Gasteiger charge is 2.59. The Morgan fingerprint density at radius 3 is 2.56 bits per heavy atom. The van der Waals surface area contributed by atoms with Gasteiger partial charge < -0.3 is 10.3 Å². The van der Waals surface area contributed by atoms with Crippen LogP contribution >= 0.6 is 11.3 Å². The van der Waals surface area contributed by atoms with Crippen LogP contribution in [0.25, 0.3) is 0 Å². The number of nitriles is 3. The van der Waals surface area contributed by atoms with Gasteiger partial charge in [0.2, 0.25) is 0 Å². The molecule has 1 aliphatic heterocycles. The minimum Gasteiger partial charge on any atom is -0.329 e. The molecule has 0 bridgehead atoms. The Balaban J connectivity index is 2.21. The highest BCUT2D eigenvalue weighted by molar-refractivity contribution is 7.10. The first-order chi connectivity index (χ1) is 12.0. The zero-order valence-electron chi connectivity index (χ0n) is 14.3. The van der Waals surface area contributed by atoms with Crippen molar-refractivity contribution < 1.29 is 4.90 Å². The number of nitrogens with zero attached hydrogens (tertiary/aromatic N) is 3. The van der Waals surface area contributed by atoms with E-state index in [2.05, 4.69) is 38.1 Å². The van der Waals surface area contributed by atoms with E-state index in [0.717, 1.165) is 23.5 Å². The molecule has 25 heavy (non-hydrogen) atoms. The normalized spacial score (nSPS) is 30.6. The second kappa shape index (κ2) is 6.45. The molecule has 0 spiro atoms. The fraction of sp³-hybridized carbons (Fsp3) is 0.474. The topological polar surface area (TPSA) is 99.7 Å². The molecule has 2 heterocycles. The molecule has 6 heteroatoms. The number of rotatable bonds is 2. The van der Waals surface area contributed by atoms with E-state index < -0.39 is 11.3 Å². The Labute approximate surface area is 151 Å². The van der Waals surface area contributed by atoms with Crippen LogP contribution in [0.15, 0.2) is 29.2 Å². The van der Waals surface area contributed by atoms with Gasteiger partial charge in [-0.1, -0.05) is 6.07 Å². The van der Waals surface area contributed by atoms with Crippen molar-refractivity contribution in [3.63, 3.8) is 0 Å². The molecule has 1 aromatic heterocycles. The third kappa shape index (κ3) is 2.48. The second-order valence-electron chi connectivity index (χ2n) is 7.03. The van der Waals surface area contributed by atoms with Crippen molar-refractivity contribution in [2.75, 3.05) is 13.1 Å². The van der Waals surface area contributed by atoms with Crippen LogP contribution in [0.1, 0.15) is 24.6 Å². The average molecular weight is 350 g/mol. The number of nitrogens with one attached hydrogen (secondary N) is 2. The minimum atomic E-state index is -1.58. The van der Waals surface area contributed by atoms with Gasteiger partial charge in [0.1, 0.15) is 5.92 Å². The summed E-state index contributed by atoms with van der Waals surface area (Å²) in [4.78, 5) is 2.33. The van der Waals surface area contributed by atoms with E-state index in [-0.39, 0.29) is 17.5 Å². The summed E-state index contributed by atoms with van der Waals surface area (Å²) in [7, 11) is 0. The van der Waals surface area contributed by atoms with Crippen molar-refractivity contribution in [2.24, 2.45) is 17.3 Å². The molecule has 1 aliphatic carbocycles. The SMILES string of the molecule is CC(C)[NH+]1CC=C2C(C#N)C(=N)C(C#N)(C#N)[C@@H](c3cccs3)[C@@H]2C1. The smallest absolute Gasteiger partial charge is 0.190 e. The summed E-state index contributed by atoms with van der Waals surface area (Å²) in [6, 6.07) is 10.7. The summed E-state index contributed by atoms with van der Waals surface area (Å²) < 4.78 is 0. The van der Waals surface area contributed by atoms with Crippen molar-refractivity contribution in [1.82, 2.24) is 0 Å². The largest absolute Gasteiger partial charge is 0.329 e. The van der Waals surface area contributed by atoms with Gasteiger partial charge in [-0.05, 0) is 36.9 Å². The highest BCUT2D eigenvalue weighted by atomic mass is 32.1. The molecule has 1 saturated carbocycles. The summed E-state index contributed by atoms with van der Waals surface area (Å²) in [6.07, 6.45) is 2.07. The third-order valence-corrected chi connectivity index (χ3v) is 6.53. The zero-order valence-corrected chi connectivity index (χ0v) is 15.1. The maximum absolute atomic E-state index is 9.92. The molecule has 1 fully saturated rings. The summed E-state index contributed by atoms with van der Waals surface area (Å²) in [5, 5.41) is 40.0. The molecule has 2 aliphatic rings. The molecule has 2 N–H and O–H groups in total. The number of hydrogen-bond acceptors (Lipinski definition) is 5. The van der Waals surface area contributed by atoms with Gasteiger partial charge in [0.25, 0.3) is 0 Å². The van der Waals surface area contributed by atoms with Crippen LogP contribution in [-0.4, -0.2) is 24.8 Å². The quantitative estimate of drug-likeness (QED) is 0.797. The standard InChI is InChI=1S/C19H19N5S/c1-12(2)24-6-5-13-14(8-20)18(23)19(10-21,11-22)17(15(13)9-24)16-4-3-7-25-16/h3-5,7,12,14-15,17,23H,6,9H2,1-2H3/p+1/t14?,15-,17-/m1/s1. The molecule has 0 aromatic carbocycles. The molecule has 3 rings (SSSR count). The van der Waals surface area contributed by atoms with Crippen LogP contribution < -0.4 is 4.90 Å². The number of thiophene rings is 1. The minimum absolute atomic E-state index is 0.0612. The first-order valence-corrected chi connectivity index (χ1v) is 9.27. The van der Waals surface area contributed by atoms with Crippen LogP contribution in [0.4, 0.5) is 0 Å². The molecule has 0 radical (unpaired) electrons. The molecule has 5 nitrogen and oxygen atoms in total. The Kier molecular flexibility index (Phi) is 4.48. The monoisotopic (exact) mass is 350 g/mol. The summed E-state index contributed by atoms with van der Waals surface area (Å²) in [6.45, 7) is 5.91. The Morgan fingerprint density at radius 1 is 1.32 bits per heavy atom. The van der Waals surface area contributed by atoms with Gasteiger partial charge in [0, 0.05) is 16.7 Å². The van der Waals surface area contributed by atoms with Crippen LogP contribution in [0, 0.1) is 56.7 Å². The van der Waals surface area contributed by atoms with Crippen LogP contribution in [0.3, 0.4) is 0 Å². The molecular weight excluding hydrogens is 330 g/mol. The van der Waals surface area contributed by atoms with Gasteiger partial charge in [0.15, 0.2) is 5.41 Å². The van der Waals surface area contributed by atoms with Gasteiger partial charge in [-0.25, -0.2) is 0 Å². The predicted molar refractivity (Wildman–Crippen MR) is 95.0 cm³/mol. The van der Waals surface area contributed by atoms with Crippen molar-refractivity contribution in [1.29, 1.82) is 21.2 Å². The summed E-state index contributed by atoms with van der Waals surface area (Å²) in [5.41, 5.74) is -0.711. The first-order valence-electron chi connectivity index (χ1n) is 8.39. The Hall–Kier alpha value is -2.46. The van der Waals surface area contributed by atoms with Crippen molar-refractivity contribution in [3.05, 3.63) is 34.0 Å². The van der Waals surface area contributed by atoms with Crippen molar-refractivity contribution in [3.8, 4) is 18.2 Å². The van der Waals surface area contributed by atoms with Crippen LogP contribution in [-0.2, 0) is 0 Å². The average Bonchev–Trinajstić information content (AvgIpc) is 3.14. The second-order valence-corrected chi connectivity index (χ2v) is 8.01. The number of hydrogen-bond donors (Lipinski definition) is 2. The predicted octanol–water partition coefficient (Wildman–Crippen LogP) is 1.89. The van der Waals surface area contributed by atoms with E-state index in [0.29, 0.717) is 6.04 Å². The highest BCUT2D eigenvalue weighted by Crippen LogP contribution is 2.53. The summed E-state index contributed by atoms with van der Waals surface area (Å²) >= 11 is 1.52. The maximum Gasteiger partial charge on any atom is 0.190 e. The molecule has 2 unspecified atom stereocenters. The van der Waals surface area contributed by atoms with Gasteiger partial charge in [-0.2, -0.15) is 15.8 Å². The first kappa shape index (κ1) is 17.4. The lowest BCUT2D eigenvalue weighted by Gasteiger charge is -2.46. The zero-order chi connectivity index (χ0) is 18.2. The molecular formula is C19H20N5S+. The summed E-state index contributed by atoms with van der Waals surface area (Å²) in [5.74, 6) is -1.23. The van der Waals surface area contributed by atoms with Gasteiger partial charge in [0.05, 0.1) is 43.1 Å². The van der Waals surface area contributed by atoms with Gasteiger partial charge >= 0.3 is 0 Å². The van der Waals surface area contributed by atoms with Gasteiger partial charge in [-0.15, -0.1) is 11.3 Å². The van der Waals surface area contributed by atoms with E-state index in [4.69, 9.17) is 5.41 Å². The van der Waals surface area contributed by atoms with E-state index in [9.17, 15) is 15.8 Å². The fourth-order valence-electron chi connectivity index (χ4n) is 4.16. The lowest BCUT2D eigenvalue weighted by atomic mass is 9.55. The molecule has 4 atom stereocenters. The van der Waals surface area contributed by atoms with E-state index in [1.807, 2.05) is 17.5 Å². The van der Waals surface area contributed by atoms with Crippen molar-refractivity contribution in [2.45, 2.75) is 25.8 Å². The molecule has 126 valence electrons. The van der Waals surface area contributed by atoms with Crippen LogP contribution in [0.2, 0.25) is 0 Å². The fourth-order valence-corrected chi connectivity index (χ4v) is 5.12. The molecule has 1 aromatic rings. The lowest BCUT2D eigenvalue weighted by molar-refractivity contribution is -0.920. The maximum atomic E-state index is 9.92.